The molecule has 1 aromatic rings. The quantitative estimate of drug-likeness (QED) is 0.382. The van der Waals surface area contributed by atoms with Gasteiger partial charge >= 0.3 is 11.9 Å². The molecular weight excluding hydrogens is 272 g/mol. The summed E-state index contributed by atoms with van der Waals surface area (Å²) >= 11 is 0. The van der Waals surface area contributed by atoms with Crippen molar-refractivity contribution in [1.29, 1.82) is 0 Å². The zero-order valence-corrected chi connectivity index (χ0v) is 10.4. The minimum atomic E-state index is -3.43. The molecule has 2 unspecified atom stereocenters. The molecule has 0 aliphatic rings. The molecule has 0 spiro atoms. The summed E-state index contributed by atoms with van der Waals surface area (Å²) in [6.45, 7) is 1.73. The van der Waals surface area contributed by atoms with E-state index in [2.05, 4.69) is 0 Å². The number of ketones is 1. The van der Waals surface area contributed by atoms with Crippen LogP contribution in [0.15, 0.2) is 24.3 Å². The number of aryl methyl sites for hydroxylation is 1. The zero-order valence-electron chi connectivity index (χ0n) is 10.4. The molecule has 0 aliphatic carbocycles. The zero-order chi connectivity index (χ0) is 14.8. The van der Waals surface area contributed by atoms with E-state index in [-0.39, 0.29) is 11.0 Å². The Bertz CT molecular complexity index is 521. The lowest BCUT2D eigenvalue weighted by atomic mass is 9.87. The normalized spacial score (nSPS) is 14.6. The fourth-order valence-electron chi connectivity index (χ4n) is 1.44. The maximum absolute atomic E-state index is 11.9. The molecule has 1 aromatic carbocycles. The Labute approximate surface area is 113 Å². The molecule has 0 aromatic heterocycles. The molecule has 0 saturated heterocycles. The van der Waals surface area contributed by atoms with Gasteiger partial charge in [-0.2, -0.15) is 0 Å². The highest BCUT2D eigenvalue weighted by molar-refractivity contribution is 6.17. The molecule has 1 rings (SSSR count). The first kappa shape index (κ1) is 17.7. The van der Waals surface area contributed by atoms with Gasteiger partial charge in [-0.05, 0) is 6.92 Å². The molecule has 0 saturated carbocycles. The second-order valence-electron chi connectivity index (χ2n) is 4.01. The van der Waals surface area contributed by atoms with Gasteiger partial charge in [-0.1, -0.05) is 29.8 Å². The molecule has 6 N–H and O–H groups in total. The Morgan fingerprint density at radius 1 is 1.10 bits per heavy atom. The van der Waals surface area contributed by atoms with Crippen LogP contribution in [0.4, 0.5) is 0 Å². The predicted octanol–water partition coefficient (Wildman–Crippen LogP) is -1.39. The number of carbonyl (C=O) groups excluding carboxylic acids is 1. The molecule has 0 heterocycles. The number of aliphatic hydroxyl groups excluding tert-OH is 1. The SMILES string of the molecule is Cc1ccc(C(=O)C(O)(C(=O)O)C(O)C(=O)O)cc1.O. The number of carbonyl (C=O) groups is 3. The number of carboxylic acids is 2. The summed E-state index contributed by atoms with van der Waals surface area (Å²) in [6, 6.07) is 5.45. The van der Waals surface area contributed by atoms with Gasteiger partial charge in [0.15, 0.2) is 6.10 Å². The lowest BCUT2D eigenvalue weighted by Crippen LogP contribution is -2.58. The summed E-state index contributed by atoms with van der Waals surface area (Å²) < 4.78 is 0. The van der Waals surface area contributed by atoms with Crippen molar-refractivity contribution in [2.75, 3.05) is 0 Å². The maximum Gasteiger partial charge on any atom is 0.347 e. The summed E-state index contributed by atoms with van der Waals surface area (Å²) in [4.78, 5) is 33.5. The van der Waals surface area contributed by atoms with Crippen LogP contribution in [-0.4, -0.2) is 55.3 Å². The molecule has 0 fully saturated rings. The van der Waals surface area contributed by atoms with Gasteiger partial charge in [0.05, 0.1) is 0 Å². The number of benzene rings is 1. The number of Topliss-reactive ketones (excluding diaryl/α,β-unsaturated/α-hetero) is 1. The number of rotatable bonds is 5. The van der Waals surface area contributed by atoms with Crippen molar-refractivity contribution < 1.29 is 40.3 Å². The van der Waals surface area contributed by atoms with E-state index in [1.807, 2.05) is 0 Å². The van der Waals surface area contributed by atoms with E-state index in [0.29, 0.717) is 0 Å². The third-order valence-corrected chi connectivity index (χ3v) is 2.62. The summed E-state index contributed by atoms with van der Waals surface area (Å²) in [5.74, 6) is -5.53. The van der Waals surface area contributed by atoms with Crippen LogP contribution in [0.1, 0.15) is 15.9 Å². The van der Waals surface area contributed by atoms with Crippen LogP contribution in [0.3, 0.4) is 0 Å². The fourth-order valence-corrected chi connectivity index (χ4v) is 1.44. The van der Waals surface area contributed by atoms with E-state index in [4.69, 9.17) is 10.2 Å². The first-order valence-electron chi connectivity index (χ1n) is 5.19. The van der Waals surface area contributed by atoms with Gasteiger partial charge in [-0.3, -0.25) is 4.79 Å². The van der Waals surface area contributed by atoms with E-state index in [1.54, 1.807) is 6.92 Å². The van der Waals surface area contributed by atoms with Crippen molar-refractivity contribution in [1.82, 2.24) is 0 Å². The monoisotopic (exact) mass is 286 g/mol. The molecular formula is C12H14O8. The van der Waals surface area contributed by atoms with E-state index in [0.717, 1.165) is 5.56 Å². The van der Waals surface area contributed by atoms with Gasteiger partial charge in [-0.25, -0.2) is 9.59 Å². The predicted molar refractivity (Wildman–Crippen MR) is 65.4 cm³/mol. The van der Waals surface area contributed by atoms with Crippen molar-refractivity contribution in [2.45, 2.75) is 18.6 Å². The number of aliphatic carboxylic acids is 2. The summed E-state index contributed by atoms with van der Waals surface area (Å²) in [6.07, 6.45) is -2.76. The number of hydrogen-bond donors (Lipinski definition) is 4. The molecule has 0 amide bonds. The highest BCUT2D eigenvalue weighted by Crippen LogP contribution is 2.19. The van der Waals surface area contributed by atoms with Gasteiger partial charge in [0.1, 0.15) is 0 Å². The Kier molecular flexibility index (Phi) is 5.52. The molecule has 110 valence electrons. The fraction of sp³-hybridized carbons (Fsp3) is 0.250. The summed E-state index contributed by atoms with van der Waals surface area (Å²) in [5, 5.41) is 36.4. The van der Waals surface area contributed by atoms with Crippen LogP contribution < -0.4 is 0 Å². The molecule has 0 aliphatic heterocycles. The van der Waals surface area contributed by atoms with Gasteiger partial charge in [0, 0.05) is 5.56 Å². The third kappa shape index (κ3) is 2.99. The van der Waals surface area contributed by atoms with Crippen LogP contribution in [-0.2, 0) is 9.59 Å². The van der Waals surface area contributed by atoms with Crippen LogP contribution in [0.5, 0.6) is 0 Å². The molecule has 8 nitrogen and oxygen atoms in total. The van der Waals surface area contributed by atoms with Crippen LogP contribution in [0.25, 0.3) is 0 Å². The Morgan fingerprint density at radius 3 is 1.90 bits per heavy atom. The van der Waals surface area contributed by atoms with Crippen molar-refractivity contribution >= 4 is 17.7 Å². The minimum absolute atomic E-state index is 0. The van der Waals surface area contributed by atoms with Gasteiger partial charge in [-0.15, -0.1) is 0 Å². The topological polar surface area (TPSA) is 164 Å². The average molecular weight is 286 g/mol. The van der Waals surface area contributed by atoms with Crippen molar-refractivity contribution in [3.63, 3.8) is 0 Å². The maximum atomic E-state index is 11.9. The Balaban J connectivity index is 0.00000361. The smallest absolute Gasteiger partial charge is 0.347 e. The largest absolute Gasteiger partial charge is 0.479 e. The standard InChI is InChI=1S/C12H12O7.H2O/c1-6-2-4-7(5-3-6)8(13)12(19,11(17)18)9(14)10(15)16;/h2-5,9,14,19H,1H3,(H,15,16)(H,17,18);1H2. The molecule has 0 bridgehead atoms. The van der Waals surface area contributed by atoms with E-state index in [9.17, 15) is 24.6 Å². The van der Waals surface area contributed by atoms with Gasteiger partial charge < -0.3 is 25.9 Å². The van der Waals surface area contributed by atoms with Gasteiger partial charge in [0.2, 0.25) is 5.78 Å². The van der Waals surface area contributed by atoms with Crippen molar-refractivity contribution in [2.24, 2.45) is 0 Å². The van der Waals surface area contributed by atoms with Crippen molar-refractivity contribution in [3.8, 4) is 0 Å². The average Bonchev–Trinajstić information content (AvgIpc) is 2.36. The third-order valence-electron chi connectivity index (χ3n) is 2.62. The van der Waals surface area contributed by atoms with Gasteiger partial charge in [0.25, 0.3) is 5.60 Å². The molecule has 0 radical (unpaired) electrons. The number of carboxylic acid groups (broad SMARTS) is 2. The Hall–Kier alpha value is -2.29. The molecule has 2 atom stereocenters. The summed E-state index contributed by atoms with van der Waals surface area (Å²) in [7, 11) is 0. The van der Waals surface area contributed by atoms with E-state index < -0.39 is 29.4 Å². The lowest BCUT2D eigenvalue weighted by Gasteiger charge is -2.24. The van der Waals surface area contributed by atoms with E-state index in [1.165, 1.54) is 24.3 Å². The Morgan fingerprint density at radius 2 is 1.55 bits per heavy atom. The van der Waals surface area contributed by atoms with Crippen LogP contribution in [0, 0.1) is 6.92 Å². The first-order chi connectivity index (χ1) is 8.71. The highest BCUT2D eigenvalue weighted by Gasteiger charge is 2.54. The second kappa shape index (κ2) is 6.24. The highest BCUT2D eigenvalue weighted by atomic mass is 16.4. The molecule has 8 heteroatoms. The number of hydrogen-bond acceptors (Lipinski definition) is 5. The minimum Gasteiger partial charge on any atom is -0.479 e. The van der Waals surface area contributed by atoms with E-state index >= 15 is 0 Å². The van der Waals surface area contributed by atoms with Crippen molar-refractivity contribution in [3.05, 3.63) is 35.4 Å². The first-order valence-corrected chi connectivity index (χ1v) is 5.19. The molecule has 20 heavy (non-hydrogen) atoms. The number of aliphatic hydroxyl groups is 2. The lowest BCUT2D eigenvalue weighted by molar-refractivity contribution is -0.175. The van der Waals surface area contributed by atoms with Crippen LogP contribution >= 0.6 is 0 Å². The van der Waals surface area contributed by atoms with Crippen LogP contribution in [0.2, 0.25) is 0 Å². The summed E-state index contributed by atoms with van der Waals surface area (Å²) in [5.41, 5.74) is -2.86. The second-order valence-corrected chi connectivity index (χ2v) is 4.01.